The first-order valence-corrected chi connectivity index (χ1v) is 10.2. The van der Waals surface area contributed by atoms with Crippen molar-refractivity contribution in [1.29, 1.82) is 0 Å². The zero-order valence-corrected chi connectivity index (χ0v) is 18.3. The Bertz CT molecular complexity index is 605. The van der Waals surface area contributed by atoms with Crippen LogP contribution in [0.1, 0.15) is 80.2 Å². The molecule has 0 saturated carbocycles. The van der Waals surface area contributed by atoms with E-state index in [1.807, 2.05) is 90.9 Å². The molecule has 0 spiro atoms. The molecule has 2 heteroatoms. The third-order valence-electron chi connectivity index (χ3n) is 3.30. The Kier molecular flexibility index (Phi) is 16.5. The van der Waals surface area contributed by atoms with Gasteiger partial charge in [0.2, 0.25) is 5.91 Å². The SMILES string of the molecule is CC.CC.CC.CC1C(=O)Nc2ccccc2-c2ccccc21.CCC. The molecule has 1 amide bonds. The maximum atomic E-state index is 12.0. The lowest BCUT2D eigenvalue weighted by Crippen LogP contribution is -2.17. The van der Waals surface area contributed by atoms with Crippen molar-refractivity contribution in [3.05, 3.63) is 54.1 Å². The van der Waals surface area contributed by atoms with Crippen LogP contribution < -0.4 is 5.32 Å². The van der Waals surface area contributed by atoms with Crippen molar-refractivity contribution in [1.82, 2.24) is 0 Å². The van der Waals surface area contributed by atoms with Crippen LogP contribution in [0.5, 0.6) is 0 Å². The number of carbonyl (C=O) groups is 1. The van der Waals surface area contributed by atoms with Crippen molar-refractivity contribution >= 4 is 11.6 Å². The molecule has 0 bridgehead atoms. The Morgan fingerprint density at radius 1 is 0.769 bits per heavy atom. The number of nitrogens with one attached hydrogen (secondary N) is 1. The second-order valence-corrected chi connectivity index (χ2v) is 5.05. The molecule has 2 aromatic rings. The maximum absolute atomic E-state index is 12.0. The van der Waals surface area contributed by atoms with Gasteiger partial charge in [-0.05, 0) is 24.1 Å². The molecule has 26 heavy (non-hydrogen) atoms. The lowest BCUT2D eigenvalue weighted by Gasteiger charge is -2.10. The van der Waals surface area contributed by atoms with Crippen molar-refractivity contribution in [2.45, 2.75) is 74.7 Å². The number of carbonyl (C=O) groups excluding carboxylic acids is 1. The summed E-state index contributed by atoms with van der Waals surface area (Å²) in [5.41, 5.74) is 4.24. The predicted molar refractivity (Wildman–Crippen MR) is 119 cm³/mol. The number of fused-ring (bicyclic) bond motifs is 3. The highest BCUT2D eigenvalue weighted by atomic mass is 16.1. The van der Waals surface area contributed by atoms with Gasteiger partial charge < -0.3 is 5.32 Å². The first-order valence-electron chi connectivity index (χ1n) is 10.2. The molecule has 0 fully saturated rings. The smallest absolute Gasteiger partial charge is 0.231 e. The van der Waals surface area contributed by atoms with E-state index in [0.717, 1.165) is 22.4 Å². The van der Waals surface area contributed by atoms with Gasteiger partial charge in [-0.3, -0.25) is 4.79 Å². The lowest BCUT2D eigenvalue weighted by molar-refractivity contribution is -0.117. The molecule has 0 radical (unpaired) electrons. The molecule has 1 aliphatic rings. The summed E-state index contributed by atoms with van der Waals surface area (Å²) in [5, 5.41) is 2.98. The highest BCUT2D eigenvalue weighted by Gasteiger charge is 2.24. The fourth-order valence-electron chi connectivity index (χ4n) is 2.33. The largest absolute Gasteiger partial charge is 0.325 e. The molecular formula is C24H39NO. The number of amides is 1. The minimum atomic E-state index is -0.112. The number of benzene rings is 2. The molecule has 1 aliphatic heterocycles. The molecule has 0 saturated heterocycles. The van der Waals surface area contributed by atoms with Crippen LogP contribution in [0, 0.1) is 0 Å². The first kappa shape index (κ1) is 26.1. The minimum Gasteiger partial charge on any atom is -0.325 e. The van der Waals surface area contributed by atoms with Gasteiger partial charge in [-0.25, -0.2) is 0 Å². The molecule has 0 aliphatic carbocycles. The molecule has 146 valence electrons. The zero-order valence-electron chi connectivity index (χ0n) is 18.3. The Balaban J connectivity index is 0. The normalized spacial score (nSPS) is 13.0. The molecule has 0 aromatic heterocycles. The van der Waals surface area contributed by atoms with Crippen LogP contribution in [0.4, 0.5) is 5.69 Å². The van der Waals surface area contributed by atoms with Crippen LogP contribution >= 0.6 is 0 Å². The predicted octanol–water partition coefficient (Wildman–Crippen LogP) is 7.90. The van der Waals surface area contributed by atoms with Gasteiger partial charge in [0.15, 0.2) is 0 Å². The van der Waals surface area contributed by atoms with Gasteiger partial charge in [0, 0.05) is 11.3 Å². The average molecular weight is 358 g/mol. The van der Waals surface area contributed by atoms with Gasteiger partial charge in [-0.2, -0.15) is 0 Å². The van der Waals surface area contributed by atoms with Crippen LogP contribution in [0.3, 0.4) is 0 Å². The molecule has 3 rings (SSSR count). The van der Waals surface area contributed by atoms with Crippen LogP contribution in [0.15, 0.2) is 48.5 Å². The minimum absolute atomic E-state index is 0.0578. The van der Waals surface area contributed by atoms with E-state index in [1.54, 1.807) is 0 Å². The fraction of sp³-hybridized carbons (Fsp3) is 0.458. The summed E-state index contributed by atoms with van der Waals surface area (Å²) in [6.45, 7) is 18.2. The Morgan fingerprint density at radius 3 is 1.73 bits per heavy atom. The number of para-hydroxylation sites is 1. The third kappa shape index (κ3) is 7.43. The Hall–Kier alpha value is -2.09. The monoisotopic (exact) mass is 357 g/mol. The van der Waals surface area contributed by atoms with Crippen LogP contribution in [-0.2, 0) is 4.79 Å². The Labute approximate surface area is 162 Å². The summed E-state index contributed by atoms with van der Waals surface area (Å²) in [4.78, 5) is 12.0. The van der Waals surface area contributed by atoms with Crippen LogP contribution in [0.25, 0.3) is 11.1 Å². The molecule has 1 atom stereocenters. The third-order valence-corrected chi connectivity index (χ3v) is 3.30. The van der Waals surface area contributed by atoms with E-state index < -0.39 is 0 Å². The molecule has 2 nitrogen and oxygen atoms in total. The summed E-state index contributed by atoms with van der Waals surface area (Å²) in [7, 11) is 0. The number of hydrogen-bond donors (Lipinski definition) is 1. The van der Waals surface area contributed by atoms with E-state index in [-0.39, 0.29) is 11.8 Å². The number of anilines is 1. The van der Waals surface area contributed by atoms with E-state index in [4.69, 9.17) is 0 Å². The van der Waals surface area contributed by atoms with Crippen molar-refractivity contribution in [3.8, 4) is 11.1 Å². The summed E-state index contributed by atoms with van der Waals surface area (Å²) < 4.78 is 0. The Morgan fingerprint density at radius 2 is 1.19 bits per heavy atom. The van der Waals surface area contributed by atoms with E-state index in [9.17, 15) is 4.79 Å². The van der Waals surface area contributed by atoms with Gasteiger partial charge >= 0.3 is 0 Å². The summed E-state index contributed by atoms with van der Waals surface area (Å²) in [5.74, 6) is -0.0546. The fourth-order valence-corrected chi connectivity index (χ4v) is 2.33. The van der Waals surface area contributed by atoms with Gasteiger partial charge in [0.25, 0.3) is 0 Å². The lowest BCUT2D eigenvalue weighted by atomic mass is 9.92. The standard InChI is InChI=1S/C15H13NO.C3H8.3C2H6/c1-10-11-6-2-3-7-12(11)13-8-4-5-9-14(13)16-15(10)17;1-3-2;3*1-2/h2-10H,1H3,(H,16,17);3H2,1-2H3;3*1-2H3. The average Bonchev–Trinajstić information content (AvgIpc) is 2.83. The summed E-state index contributed by atoms with van der Waals surface area (Å²) >= 11 is 0. The zero-order chi connectivity index (χ0) is 20.5. The van der Waals surface area contributed by atoms with Gasteiger partial charge in [0.1, 0.15) is 0 Å². The molecule has 1 heterocycles. The quantitative estimate of drug-likeness (QED) is 0.510. The highest BCUT2D eigenvalue weighted by Crippen LogP contribution is 2.37. The molecule has 2 aromatic carbocycles. The van der Waals surface area contributed by atoms with Crippen LogP contribution in [0.2, 0.25) is 0 Å². The second-order valence-electron chi connectivity index (χ2n) is 5.05. The van der Waals surface area contributed by atoms with Crippen molar-refractivity contribution in [2.75, 3.05) is 5.32 Å². The van der Waals surface area contributed by atoms with Crippen LogP contribution in [-0.4, -0.2) is 5.91 Å². The van der Waals surface area contributed by atoms with E-state index in [2.05, 4.69) is 25.2 Å². The number of hydrogen-bond acceptors (Lipinski definition) is 1. The van der Waals surface area contributed by atoms with Crippen molar-refractivity contribution in [3.63, 3.8) is 0 Å². The van der Waals surface area contributed by atoms with E-state index in [0.29, 0.717) is 0 Å². The van der Waals surface area contributed by atoms with Gasteiger partial charge in [-0.1, -0.05) is 104 Å². The first-order chi connectivity index (χ1) is 12.7. The van der Waals surface area contributed by atoms with Gasteiger partial charge in [-0.15, -0.1) is 0 Å². The summed E-state index contributed by atoms with van der Waals surface area (Å²) in [6.07, 6.45) is 1.25. The van der Waals surface area contributed by atoms with Crippen molar-refractivity contribution in [2.24, 2.45) is 0 Å². The molecule has 1 unspecified atom stereocenters. The van der Waals surface area contributed by atoms with E-state index >= 15 is 0 Å². The number of rotatable bonds is 0. The summed E-state index contributed by atoms with van der Waals surface area (Å²) in [6, 6.07) is 16.0. The maximum Gasteiger partial charge on any atom is 0.231 e. The molecule has 1 N–H and O–H groups in total. The van der Waals surface area contributed by atoms with E-state index in [1.165, 1.54) is 6.42 Å². The molecular weight excluding hydrogens is 318 g/mol. The highest BCUT2D eigenvalue weighted by molar-refractivity contribution is 6.03. The topological polar surface area (TPSA) is 29.1 Å². The van der Waals surface area contributed by atoms with Crippen molar-refractivity contribution < 1.29 is 4.79 Å². The second kappa shape index (κ2) is 16.4. The van der Waals surface area contributed by atoms with Gasteiger partial charge in [0.05, 0.1) is 5.92 Å².